The number of carbonyl (C=O) groups excluding carboxylic acids is 2. The van der Waals surface area contributed by atoms with Crippen LogP contribution in [0.25, 0.3) is 0 Å². The summed E-state index contributed by atoms with van der Waals surface area (Å²) in [6, 6.07) is 7.57. The maximum atomic E-state index is 12.3. The molecule has 1 amide bonds. The third kappa shape index (κ3) is 3.81. The van der Waals surface area contributed by atoms with E-state index in [9.17, 15) is 9.59 Å². The Bertz CT molecular complexity index is 564. The average molecular weight is 314 g/mol. The van der Waals surface area contributed by atoms with Crippen molar-refractivity contribution in [2.45, 2.75) is 39.0 Å². The minimum atomic E-state index is 0.0619. The number of benzene rings is 1. The number of hydrogen-bond donors (Lipinski definition) is 1. The smallest absolute Gasteiger partial charge is 0.223 e. The van der Waals surface area contributed by atoms with Gasteiger partial charge in [-0.15, -0.1) is 0 Å². The fraction of sp³-hybridized carbons (Fsp3) is 0.579. The molecule has 4 heteroatoms. The molecule has 2 fully saturated rings. The van der Waals surface area contributed by atoms with Crippen LogP contribution < -0.4 is 5.32 Å². The van der Waals surface area contributed by atoms with Crippen LogP contribution in [0, 0.1) is 12.3 Å². The standard InChI is InChI=1S/C19H26N2O2/c1-15-2-4-16(5-3-15)17(22)6-7-18(23)21-12-9-19(10-13-21)8-11-20-14-19/h2-5,20H,6-14H2,1H3. The summed E-state index contributed by atoms with van der Waals surface area (Å²) in [5, 5.41) is 3.44. The lowest BCUT2D eigenvalue weighted by Crippen LogP contribution is -2.44. The number of nitrogens with one attached hydrogen (secondary N) is 1. The Hall–Kier alpha value is -1.68. The van der Waals surface area contributed by atoms with Crippen molar-refractivity contribution in [1.82, 2.24) is 10.2 Å². The van der Waals surface area contributed by atoms with E-state index in [1.807, 2.05) is 36.1 Å². The SMILES string of the molecule is Cc1ccc(C(=O)CCC(=O)N2CCC3(CCNC3)CC2)cc1. The fourth-order valence-electron chi connectivity index (χ4n) is 3.72. The van der Waals surface area contributed by atoms with E-state index >= 15 is 0 Å². The summed E-state index contributed by atoms with van der Waals surface area (Å²) < 4.78 is 0. The first kappa shape index (κ1) is 16.2. The molecule has 0 saturated carbocycles. The third-order valence-corrected chi connectivity index (χ3v) is 5.45. The van der Waals surface area contributed by atoms with E-state index in [4.69, 9.17) is 0 Å². The molecule has 0 bridgehead atoms. The number of rotatable bonds is 4. The van der Waals surface area contributed by atoms with Crippen LogP contribution in [-0.4, -0.2) is 42.8 Å². The van der Waals surface area contributed by atoms with Gasteiger partial charge in [0.25, 0.3) is 0 Å². The maximum absolute atomic E-state index is 12.3. The predicted molar refractivity (Wildman–Crippen MR) is 90.5 cm³/mol. The molecule has 4 nitrogen and oxygen atoms in total. The topological polar surface area (TPSA) is 49.4 Å². The lowest BCUT2D eigenvalue weighted by Gasteiger charge is -2.38. The summed E-state index contributed by atoms with van der Waals surface area (Å²) in [5.41, 5.74) is 2.27. The maximum Gasteiger partial charge on any atom is 0.223 e. The molecule has 3 rings (SSSR count). The molecule has 0 unspecified atom stereocenters. The lowest BCUT2D eigenvalue weighted by atomic mass is 9.78. The van der Waals surface area contributed by atoms with Crippen molar-refractivity contribution in [3.8, 4) is 0 Å². The van der Waals surface area contributed by atoms with Crippen LogP contribution in [0.15, 0.2) is 24.3 Å². The van der Waals surface area contributed by atoms with Gasteiger partial charge in [-0.05, 0) is 38.1 Å². The summed E-state index contributed by atoms with van der Waals surface area (Å²) in [7, 11) is 0. The lowest BCUT2D eigenvalue weighted by molar-refractivity contribution is -0.133. The molecule has 1 N–H and O–H groups in total. The van der Waals surface area contributed by atoms with Crippen LogP contribution in [0.1, 0.15) is 48.0 Å². The molecule has 1 spiro atoms. The number of ketones is 1. The molecule has 0 aliphatic carbocycles. The first-order valence-corrected chi connectivity index (χ1v) is 8.66. The van der Waals surface area contributed by atoms with Crippen LogP contribution in [-0.2, 0) is 4.79 Å². The van der Waals surface area contributed by atoms with Gasteiger partial charge in [0, 0.05) is 38.0 Å². The van der Waals surface area contributed by atoms with Gasteiger partial charge in [-0.1, -0.05) is 29.8 Å². The first-order chi connectivity index (χ1) is 11.1. The molecule has 2 aliphatic rings. The zero-order chi connectivity index (χ0) is 16.3. The number of piperidine rings is 1. The molecule has 2 aliphatic heterocycles. The second-order valence-electron chi connectivity index (χ2n) is 7.10. The quantitative estimate of drug-likeness (QED) is 0.869. The van der Waals surface area contributed by atoms with Crippen molar-refractivity contribution in [1.29, 1.82) is 0 Å². The van der Waals surface area contributed by atoms with Crippen molar-refractivity contribution in [3.63, 3.8) is 0 Å². The Labute approximate surface area is 138 Å². The van der Waals surface area contributed by atoms with Gasteiger partial charge in [0.2, 0.25) is 5.91 Å². The van der Waals surface area contributed by atoms with Crippen molar-refractivity contribution < 1.29 is 9.59 Å². The van der Waals surface area contributed by atoms with Gasteiger partial charge in [-0.3, -0.25) is 9.59 Å². The van der Waals surface area contributed by atoms with Gasteiger partial charge in [0.1, 0.15) is 0 Å². The Morgan fingerprint density at radius 2 is 1.78 bits per heavy atom. The molecule has 124 valence electrons. The van der Waals surface area contributed by atoms with Gasteiger partial charge in [0.05, 0.1) is 0 Å². The largest absolute Gasteiger partial charge is 0.343 e. The molecule has 2 heterocycles. The minimum absolute atomic E-state index is 0.0619. The summed E-state index contributed by atoms with van der Waals surface area (Å²) in [6.07, 6.45) is 4.07. The average Bonchev–Trinajstić information content (AvgIpc) is 3.02. The number of hydrogen-bond acceptors (Lipinski definition) is 3. The van der Waals surface area contributed by atoms with Gasteiger partial charge in [0.15, 0.2) is 5.78 Å². The van der Waals surface area contributed by atoms with E-state index in [-0.39, 0.29) is 11.7 Å². The monoisotopic (exact) mass is 314 g/mol. The van der Waals surface area contributed by atoms with Crippen LogP contribution in [0.4, 0.5) is 0 Å². The molecular weight excluding hydrogens is 288 g/mol. The number of amides is 1. The molecule has 0 radical (unpaired) electrons. The molecule has 2 saturated heterocycles. The van der Waals surface area contributed by atoms with Gasteiger partial charge < -0.3 is 10.2 Å². The molecule has 23 heavy (non-hydrogen) atoms. The van der Waals surface area contributed by atoms with Crippen molar-refractivity contribution in [3.05, 3.63) is 35.4 Å². The summed E-state index contributed by atoms with van der Waals surface area (Å²) in [5.74, 6) is 0.193. The van der Waals surface area contributed by atoms with E-state index in [1.54, 1.807) is 0 Å². The fourth-order valence-corrected chi connectivity index (χ4v) is 3.72. The van der Waals surface area contributed by atoms with Gasteiger partial charge >= 0.3 is 0 Å². The van der Waals surface area contributed by atoms with Crippen molar-refractivity contribution >= 4 is 11.7 Å². The van der Waals surface area contributed by atoms with E-state index in [0.29, 0.717) is 23.8 Å². The van der Waals surface area contributed by atoms with Crippen LogP contribution in [0.5, 0.6) is 0 Å². The summed E-state index contributed by atoms with van der Waals surface area (Å²) >= 11 is 0. The van der Waals surface area contributed by atoms with Crippen LogP contribution >= 0.6 is 0 Å². The number of carbonyl (C=O) groups is 2. The first-order valence-electron chi connectivity index (χ1n) is 8.66. The zero-order valence-electron chi connectivity index (χ0n) is 13.9. The highest BCUT2D eigenvalue weighted by molar-refractivity contribution is 5.97. The molecule has 0 aromatic heterocycles. The number of aryl methyl sites for hydroxylation is 1. The second kappa shape index (κ2) is 6.83. The Kier molecular flexibility index (Phi) is 4.81. The highest BCUT2D eigenvalue weighted by Gasteiger charge is 2.37. The zero-order valence-corrected chi connectivity index (χ0v) is 13.9. The van der Waals surface area contributed by atoms with E-state index in [0.717, 1.165) is 44.6 Å². The molecule has 0 atom stereocenters. The summed E-state index contributed by atoms with van der Waals surface area (Å²) in [4.78, 5) is 26.5. The molecular formula is C19H26N2O2. The van der Waals surface area contributed by atoms with Crippen LogP contribution in [0.3, 0.4) is 0 Å². The Morgan fingerprint density at radius 1 is 1.09 bits per heavy atom. The minimum Gasteiger partial charge on any atom is -0.343 e. The highest BCUT2D eigenvalue weighted by Crippen LogP contribution is 2.37. The normalized spacial score (nSPS) is 20.0. The predicted octanol–water partition coefficient (Wildman–Crippen LogP) is 2.56. The summed E-state index contributed by atoms with van der Waals surface area (Å²) in [6.45, 7) is 5.90. The van der Waals surface area contributed by atoms with Crippen molar-refractivity contribution in [2.75, 3.05) is 26.2 Å². The van der Waals surface area contributed by atoms with E-state index < -0.39 is 0 Å². The number of likely N-dealkylation sites (tertiary alicyclic amines) is 1. The third-order valence-electron chi connectivity index (χ3n) is 5.45. The molecule has 1 aromatic rings. The van der Waals surface area contributed by atoms with Gasteiger partial charge in [-0.25, -0.2) is 0 Å². The van der Waals surface area contributed by atoms with Crippen molar-refractivity contribution in [2.24, 2.45) is 5.41 Å². The van der Waals surface area contributed by atoms with E-state index in [1.165, 1.54) is 6.42 Å². The molecule has 1 aromatic carbocycles. The van der Waals surface area contributed by atoms with E-state index in [2.05, 4.69) is 5.32 Å². The second-order valence-corrected chi connectivity index (χ2v) is 7.10. The Balaban J connectivity index is 1.46. The number of nitrogens with zero attached hydrogens (tertiary/aromatic N) is 1. The van der Waals surface area contributed by atoms with Gasteiger partial charge in [-0.2, -0.15) is 0 Å². The highest BCUT2D eigenvalue weighted by atomic mass is 16.2. The Morgan fingerprint density at radius 3 is 2.39 bits per heavy atom. The van der Waals surface area contributed by atoms with Crippen LogP contribution in [0.2, 0.25) is 0 Å². The number of Topliss-reactive ketones (excluding diaryl/α,β-unsaturated/α-hetero) is 1.